The molecule has 5 heteroatoms. The monoisotopic (exact) mass is 240 g/mol. The second-order valence-corrected chi connectivity index (χ2v) is 4.15. The fourth-order valence-electron chi connectivity index (χ4n) is 1.53. The predicted octanol–water partition coefficient (Wildman–Crippen LogP) is 3.04. The second-order valence-electron chi connectivity index (χ2n) is 4.15. The minimum atomic E-state index is -0.407. The summed E-state index contributed by atoms with van der Waals surface area (Å²) in [6.07, 6.45) is 4.23. The van der Waals surface area contributed by atoms with Gasteiger partial charge in [0.15, 0.2) is 11.6 Å². The van der Waals surface area contributed by atoms with E-state index in [1.54, 1.807) is 0 Å². The van der Waals surface area contributed by atoms with Crippen molar-refractivity contribution < 1.29 is 4.39 Å². The summed E-state index contributed by atoms with van der Waals surface area (Å²) in [5, 5.41) is 6.10. The number of nitrogens with one attached hydrogen (secondary N) is 2. The van der Waals surface area contributed by atoms with E-state index in [0.29, 0.717) is 5.95 Å². The molecule has 2 N–H and O–H groups in total. The van der Waals surface area contributed by atoms with E-state index in [9.17, 15) is 4.39 Å². The van der Waals surface area contributed by atoms with Crippen molar-refractivity contribution in [3.63, 3.8) is 0 Å². The molecule has 1 unspecified atom stereocenters. The number of rotatable bonds is 7. The Kier molecular flexibility index (Phi) is 5.66. The first-order chi connectivity index (χ1) is 8.17. The summed E-state index contributed by atoms with van der Waals surface area (Å²) in [7, 11) is 0. The van der Waals surface area contributed by atoms with Gasteiger partial charge in [0.25, 0.3) is 0 Å². The SMILES string of the molecule is CCCNc1ncc(F)c(NC(C)CCC)n1. The van der Waals surface area contributed by atoms with Gasteiger partial charge in [-0.15, -0.1) is 0 Å². The summed E-state index contributed by atoms with van der Waals surface area (Å²) in [6, 6.07) is 0.212. The van der Waals surface area contributed by atoms with Gasteiger partial charge in [-0.05, 0) is 19.8 Å². The highest BCUT2D eigenvalue weighted by Gasteiger charge is 2.09. The van der Waals surface area contributed by atoms with Gasteiger partial charge in [-0.3, -0.25) is 0 Å². The summed E-state index contributed by atoms with van der Waals surface area (Å²) < 4.78 is 13.5. The quantitative estimate of drug-likeness (QED) is 0.769. The van der Waals surface area contributed by atoms with Crippen molar-refractivity contribution in [1.82, 2.24) is 9.97 Å². The number of hydrogen-bond donors (Lipinski definition) is 2. The topological polar surface area (TPSA) is 49.8 Å². The van der Waals surface area contributed by atoms with Gasteiger partial charge >= 0.3 is 0 Å². The number of halogens is 1. The maximum absolute atomic E-state index is 13.5. The highest BCUT2D eigenvalue weighted by molar-refractivity contribution is 5.41. The predicted molar refractivity (Wildman–Crippen MR) is 68.8 cm³/mol. The molecule has 1 rings (SSSR count). The molecular formula is C12H21FN4. The highest BCUT2D eigenvalue weighted by Crippen LogP contribution is 2.14. The van der Waals surface area contributed by atoms with Gasteiger partial charge in [-0.25, -0.2) is 9.37 Å². The van der Waals surface area contributed by atoms with Crippen LogP contribution in [0.5, 0.6) is 0 Å². The van der Waals surface area contributed by atoms with Crippen LogP contribution in [0.1, 0.15) is 40.0 Å². The van der Waals surface area contributed by atoms with E-state index in [0.717, 1.165) is 25.8 Å². The molecule has 0 saturated carbocycles. The fraction of sp³-hybridized carbons (Fsp3) is 0.667. The fourth-order valence-corrected chi connectivity index (χ4v) is 1.53. The van der Waals surface area contributed by atoms with Crippen LogP contribution in [-0.4, -0.2) is 22.6 Å². The standard InChI is InChI=1S/C12H21FN4/c1-4-6-9(3)16-11-10(13)8-15-12(17-11)14-7-5-2/h8-9H,4-7H2,1-3H3,(H2,14,15,16,17). The molecule has 17 heavy (non-hydrogen) atoms. The lowest BCUT2D eigenvalue weighted by atomic mass is 10.2. The lowest BCUT2D eigenvalue weighted by molar-refractivity contribution is 0.607. The number of anilines is 2. The van der Waals surface area contributed by atoms with Crippen LogP contribution >= 0.6 is 0 Å². The third-order valence-corrected chi connectivity index (χ3v) is 2.38. The van der Waals surface area contributed by atoms with E-state index >= 15 is 0 Å². The Morgan fingerprint density at radius 2 is 2.12 bits per heavy atom. The smallest absolute Gasteiger partial charge is 0.224 e. The molecule has 96 valence electrons. The highest BCUT2D eigenvalue weighted by atomic mass is 19.1. The summed E-state index contributed by atoms with van der Waals surface area (Å²) in [4.78, 5) is 8.02. The summed E-state index contributed by atoms with van der Waals surface area (Å²) >= 11 is 0. The van der Waals surface area contributed by atoms with Crippen LogP contribution in [0.2, 0.25) is 0 Å². The number of nitrogens with zero attached hydrogens (tertiary/aromatic N) is 2. The van der Waals surface area contributed by atoms with E-state index in [1.807, 2.05) is 6.92 Å². The van der Waals surface area contributed by atoms with Crippen molar-refractivity contribution in [3.8, 4) is 0 Å². The molecule has 0 radical (unpaired) electrons. The maximum Gasteiger partial charge on any atom is 0.224 e. The molecule has 0 spiro atoms. The molecule has 1 atom stereocenters. The van der Waals surface area contributed by atoms with E-state index < -0.39 is 5.82 Å². The van der Waals surface area contributed by atoms with Crippen molar-refractivity contribution in [3.05, 3.63) is 12.0 Å². The van der Waals surface area contributed by atoms with Crippen LogP contribution < -0.4 is 10.6 Å². The van der Waals surface area contributed by atoms with Gasteiger partial charge in [0.2, 0.25) is 5.95 Å². The maximum atomic E-state index is 13.5. The Balaban J connectivity index is 2.68. The van der Waals surface area contributed by atoms with E-state index in [4.69, 9.17) is 0 Å². The average Bonchev–Trinajstić information content (AvgIpc) is 2.30. The molecule has 1 heterocycles. The van der Waals surface area contributed by atoms with Gasteiger partial charge in [0.05, 0.1) is 6.20 Å². The van der Waals surface area contributed by atoms with Crippen LogP contribution in [0.4, 0.5) is 16.2 Å². The molecule has 4 nitrogen and oxygen atoms in total. The van der Waals surface area contributed by atoms with Crippen molar-refractivity contribution >= 4 is 11.8 Å². The Hall–Kier alpha value is -1.39. The Morgan fingerprint density at radius 1 is 1.35 bits per heavy atom. The molecule has 0 saturated heterocycles. The van der Waals surface area contributed by atoms with Gasteiger partial charge < -0.3 is 10.6 Å². The molecule has 0 aliphatic heterocycles. The van der Waals surface area contributed by atoms with Gasteiger partial charge in [0, 0.05) is 12.6 Å². The van der Waals surface area contributed by atoms with Crippen LogP contribution in [0.15, 0.2) is 6.20 Å². The number of aromatic nitrogens is 2. The molecule has 0 fully saturated rings. The van der Waals surface area contributed by atoms with Crippen LogP contribution in [-0.2, 0) is 0 Å². The van der Waals surface area contributed by atoms with Gasteiger partial charge in [-0.1, -0.05) is 20.3 Å². The lowest BCUT2D eigenvalue weighted by Crippen LogP contribution is -2.17. The molecule has 1 aromatic rings. The van der Waals surface area contributed by atoms with Crippen LogP contribution in [0, 0.1) is 5.82 Å². The molecule has 1 aromatic heterocycles. The first-order valence-electron chi connectivity index (χ1n) is 6.20. The Labute approximate surface area is 102 Å². The van der Waals surface area contributed by atoms with Crippen molar-refractivity contribution in [2.75, 3.05) is 17.2 Å². The van der Waals surface area contributed by atoms with Crippen molar-refractivity contribution in [2.45, 2.75) is 46.1 Å². The molecule has 0 aliphatic carbocycles. The average molecular weight is 240 g/mol. The molecule has 0 amide bonds. The second kappa shape index (κ2) is 7.04. The normalized spacial score (nSPS) is 12.2. The van der Waals surface area contributed by atoms with Crippen LogP contribution in [0.25, 0.3) is 0 Å². The summed E-state index contributed by atoms with van der Waals surface area (Å²) in [5.74, 6) is 0.342. The zero-order chi connectivity index (χ0) is 12.7. The third kappa shape index (κ3) is 4.54. The Morgan fingerprint density at radius 3 is 2.76 bits per heavy atom. The molecular weight excluding hydrogens is 219 g/mol. The first kappa shape index (κ1) is 13.7. The van der Waals surface area contributed by atoms with Crippen molar-refractivity contribution in [2.24, 2.45) is 0 Å². The summed E-state index contributed by atoms with van der Waals surface area (Å²) in [6.45, 7) is 6.96. The van der Waals surface area contributed by atoms with E-state index in [-0.39, 0.29) is 11.9 Å². The minimum absolute atomic E-state index is 0.212. The molecule has 0 aromatic carbocycles. The zero-order valence-corrected chi connectivity index (χ0v) is 10.8. The Bertz CT molecular complexity index is 343. The first-order valence-corrected chi connectivity index (χ1v) is 6.20. The molecule has 0 aliphatic rings. The number of hydrogen-bond acceptors (Lipinski definition) is 4. The minimum Gasteiger partial charge on any atom is -0.365 e. The largest absolute Gasteiger partial charge is 0.365 e. The van der Waals surface area contributed by atoms with E-state index in [2.05, 4.69) is 34.4 Å². The third-order valence-electron chi connectivity index (χ3n) is 2.38. The molecule has 0 bridgehead atoms. The zero-order valence-electron chi connectivity index (χ0n) is 10.8. The lowest BCUT2D eigenvalue weighted by Gasteiger charge is -2.14. The van der Waals surface area contributed by atoms with Crippen molar-refractivity contribution in [1.29, 1.82) is 0 Å². The van der Waals surface area contributed by atoms with Gasteiger partial charge in [-0.2, -0.15) is 4.98 Å². The summed E-state index contributed by atoms with van der Waals surface area (Å²) in [5.41, 5.74) is 0. The van der Waals surface area contributed by atoms with Gasteiger partial charge in [0.1, 0.15) is 0 Å². The van der Waals surface area contributed by atoms with E-state index in [1.165, 1.54) is 6.20 Å². The van der Waals surface area contributed by atoms with Crippen LogP contribution in [0.3, 0.4) is 0 Å².